The van der Waals surface area contributed by atoms with E-state index in [1.807, 2.05) is 6.08 Å². The largest absolute Gasteiger partial charge is 0.377 e. The number of hydrogen-bond donors (Lipinski definition) is 1. The van der Waals surface area contributed by atoms with Gasteiger partial charge in [0.25, 0.3) is 0 Å². The molecule has 8 heteroatoms. The zero-order valence-electron chi connectivity index (χ0n) is 14.6. The fourth-order valence-electron chi connectivity index (χ4n) is 2.66. The van der Waals surface area contributed by atoms with Crippen molar-refractivity contribution in [3.63, 3.8) is 0 Å². The molecule has 0 aliphatic carbocycles. The van der Waals surface area contributed by atoms with Crippen molar-refractivity contribution >= 4 is 38.5 Å². The molecule has 1 N–H and O–H groups in total. The summed E-state index contributed by atoms with van der Waals surface area (Å²) in [5.74, 6) is 0.476. The topological polar surface area (TPSA) is 81.2 Å². The Kier molecular flexibility index (Phi) is 5.60. The van der Waals surface area contributed by atoms with Gasteiger partial charge in [0.15, 0.2) is 9.84 Å². The molecule has 0 radical (unpaired) electrons. The van der Waals surface area contributed by atoms with Gasteiger partial charge >= 0.3 is 0 Å². The van der Waals surface area contributed by atoms with Crippen molar-refractivity contribution in [1.29, 1.82) is 0 Å². The smallest absolute Gasteiger partial charge is 0.224 e. The van der Waals surface area contributed by atoms with Crippen LogP contribution in [-0.4, -0.2) is 36.8 Å². The summed E-state index contributed by atoms with van der Waals surface area (Å²) in [6.45, 7) is 4.46. The van der Waals surface area contributed by atoms with Crippen LogP contribution in [-0.2, 0) is 14.6 Å². The molecule has 1 aromatic carbocycles. The van der Waals surface area contributed by atoms with Crippen LogP contribution in [0.1, 0.15) is 25.8 Å². The lowest BCUT2D eigenvalue weighted by Crippen LogP contribution is -2.16. The molecule has 0 unspecified atom stereocenters. The van der Waals surface area contributed by atoms with E-state index in [0.29, 0.717) is 24.7 Å². The Morgan fingerprint density at radius 1 is 1.27 bits per heavy atom. The maximum Gasteiger partial charge on any atom is 0.224 e. The average molecular weight is 394 g/mol. The quantitative estimate of drug-likeness (QED) is 0.777. The van der Waals surface area contributed by atoms with Crippen LogP contribution >= 0.6 is 11.6 Å². The number of nitrogens with one attached hydrogen (secondary N) is 1. The lowest BCUT2D eigenvalue weighted by Gasteiger charge is -2.18. The predicted molar refractivity (Wildman–Crippen MR) is 103 cm³/mol. The van der Waals surface area contributed by atoms with E-state index in [4.69, 9.17) is 16.3 Å². The van der Waals surface area contributed by atoms with Crippen molar-refractivity contribution in [3.05, 3.63) is 47.4 Å². The molecular weight excluding hydrogens is 374 g/mol. The summed E-state index contributed by atoms with van der Waals surface area (Å²) in [5, 5.41) is 2.70. The number of halogens is 1. The standard InChI is InChI=1S/C18H20ClN3O3S/c1-12(2)26(23,24)16-6-4-3-5-15(16)21-17-14(11-20-18(19)22-17)13-7-9-25-10-8-13/h3-7,11-12H,8-10H2,1-2H3,(H,20,21,22). The third-order valence-corrected chi connectivity index (χ3v) is 6.53. The van der Waals surface area contributed by atoms with Crippen LogP contribution in [0, 0.1) is 0 Å². The van der Waals surface area contributed by atoms with E-state index < -0.39 is 15.1 Å². The van der Waals surface area contributed by atoms with Crippen LogP contribution in [0.3, 0.4) is 0 Å². The van der Waals surface area contributed by atoms with Crippen LogP contribution in [0.2, 0.25) is 5.28 Å². The monoisotopic (exact) mass is 393 g/mol. The maximum atomic E-state index is 12.7. The number of ether oxygens (including phenoxy) is 1. The van der Waals surface area contributed by atoms with Gasteiger partial charge in [0.2, 0.25) is 5.28 Å². The molecule has 26 heavy (non-hydrogen) atoms. The van der Waals surface area contributed by atoms with Crippen molar-refractivity contribution in [2.75, 3.05) is 18.5 Å². The van der Waals surface area contributed by atoms with E-state index >= 15 is 0 Å². The lowest BCUT2D eigenvalue weighted by molar-refractivity contribution is 0.161. The van der Waals surface area contributed by atoms with Gasteiger partial charge in [-0.15, -0.1) is 0 Å². The van der Waals surface area contributed by atoms with Crippen LogP contribution in [0.5, 0.6) is 0 Å². The highest BCUT2D eigenvalue weighted by Crippen LogP contribution is 2.32. The number of hydrogen-bond acceptors (Lipinski definition) is 6. The van der Waals surface area contributed by atoms with E-state index in [2.05, 4.69) is 15.3 Å². The second-order valence-corrected chi connectivity index (χ2v) is 8.98. The molecule has 0 amide bonds. The summed E-state index contributed by atoms with van der Waals surface area (Å²) >= 11 is 5.98. The Balaban J connectivity index is 2.06. The van der Waals surface area contributed by atoms with E-state index in [9.17, 15) is 8.42 Å². The Hall–Kier alpha value is -1.96. The molecule has 0 bridgehead atoms. The lowest BCUT2D eigenvalue weighted by atomic mass is 10.0. The average Bonchev–Trinajstić information content (AvgIpc) is 2.63. The maximum absolute atomic E-state index is 12.7. The van der Waals surface area contributed by atoms with Gasteiger partial charge in [-0.05, 0) is 49.6 Å². The molecule has 2 heterocycles. The molecule has 0 spiro atoms. The van der Waals surface area contributed by atoms with Gasteiger partial charge in [-0.3, -0.25) is 0 Å². The number of sulfone groups is 1. The van der Waals surface area contributed by atoms with Gasteiger partial charge in [0, 0.05) is 11.8 Å². The number of rotatable bonds is 5. The fraction of sp³-hybridized carbons (Fsp3) is 0.333. The Morgan fingerprint density at radius 3 is 2.73 bits per heavy atom. The number of nitrogens with zero attached hydrogens (tertiary/aromatic N) is 2. The van der Waals surface area contributed by atoms with Gasteiger partial charge in [0.1, 0.15) is 5.82 Å². The zero-order valence-corrected chi connectivity index (χ0v) is 16.1. The van der Waals surface area contributed by atoms with E-state index in [1.165, 1.54) is 0 Å². The highest BCUT2D eigenvalue weighted by atomic mass is 35.5. The SMILES string of the molecule is CC(C)S(=O)(=O)c1ccccc1Nc1nc(Cl)ncc1C1=CCOCC1. The second kappa shape index (κ2) is 7.73. The Morgan fingerprint density at radius 2 is 2.04 bits per heavy atom. The summed E-state index contributed by atoms with van der Waals surface area (Å²) < 4.78 is 30.7. The van der Waals surface area contributed by atoms with Crippen molar-refractivity contribution in [1.82, 2.24) is 9.97 Å². The molecule has 1 aliphatic heterocycles. The van der Waals surface area contributed by atoms with Gasteiger partial charge in [-0.2, -0.15) is 4.98 Å². The number of aromatic nitrogens is 2. The molecule has 138 valence electrons. The molecule has 1 aromatic heterocycles. The summed E-state index contributed by atoms with van der Waals surface area (Å²) in [7, 11) is -3.45. The van der Waals surface area contributed by atoms with E-state index in [1.54, 1.807) is 44.3 Å². The van der Waals surface area contributed by atoms with Crippen molar-refractivity contribution in [3.8, 4) is 0 Å². The molecular formula is C18H20ClN3O3S. The molecule has 0 atom stereocenters. The number of benzene rings is 1. The molecule has 0 fully saturated rings. The number of para-hydroxylation sites is 1. The first-order chi connectivity index (χ1) is 12.4. The first kappa shape index (κ1) is 18.8. The summed E-state index contributed by atoms with van der Waals surface area (Å²) in [6, 6.07) is 6.79. The first-order valence-electron chi connectivity index (χ1n) is 8.29. The zero-order chi connectivity index (χ0) is 18.7. The van der Waals surface area contributed by atoms with Gasteiger partial charge in [-0.1, -0.05) is 18.2 Å². The van der Waals surface area contributed by atoms with Gasteiger partial charge in [-0.25, -0.2) is 13.4 Å². The van der Waals surface area contributed by atoms with Crippen molar-refractivity contribution in [2.24, 2.45) is 0 Å². The molecule has 0 saturated carbocycles. The van der Waals surface area contributed by atoms with Crippen LogP contribution in [0.4, 0.5) is 11.5 Å². The molecule has 2 aromatic rings. The van der Waals surface area contributed by atoms with Crippen molar-refractivity contribution < 1.29 is 13.2 Å². The van der Waals surface area contributed by atoms with Gasteiger partial charge < -0.3 is 10.1 Å². The fourth-order valence-corrected chi connectivity index (χ4v) is 4.00. The minimum atomic E-state index is -3.45. The van der Waals surface area contributed by atoms with Crippen LogP contribution < -0.4 is 5.32 Å². The molecule has 3 rings (SSSR count). The number of anilines is 2. The molecule has 0 saturated heterocycles. The highest BCUT2D eigenvalue weighted by Gasteiger charge is 2.23. The summed E-state index contributed by atoms with van der Waals surface area (Å²) in [5.41, 5.74) is 2.29. The Bertz CT molecular complexity index is 942. The normalized spacial score (nSPS) is 15.0. The minimum absolute atomic E-state index is 0.0908. The molecule has 1 aliphatic rings. The predicted octanol–water partition coefficient (Wildman–Crippen LogP) is 3.86. The Labute approximate surface area is 158 Å². The third kappa shape index (κ3) is 3.90. The highest BCUT2D eigenvalue weighted by molar-refractivity contribution is 7.92. The van der Waals surface area contributed by atoms with Gasteiger partial charge in [0.05, 0.1) is 29.0 Å². The van der Waals surface area contributed by atoms with Crippen LogP contribution in [0.25, 0.3) is 5.57 Å². The van der Waals surface area contributed by atoms with E-state index in [-0.39, 0.29) is 10.2 Å². The first-order valence-corrected chi connectivity index (χ1v) is 10.2. The minimum Gasteiger partial charge on any atom is -0.377 e. The van der Waals surface area contributed by atoms with Crippen molar-refractivity contribution in [2.45, 2.75) is 30.4 Å². The molecule has 6 nitrogen and oxygen atoms in total. The van der Waals surface area contributed by atoms with Crippen LogP contribution in [0.15, 0.2) is 41.4 Å². The van der Waals surface area contributed by atoms with E-state index in [0.717, 1.165) is 17.6 Å². The second-order valence-electron chi connectivity index (χ2n) is 6.17. The summed E-state index contributed by atoms with van der Waals surface area (Å²) in [4.78, 5) is 8.58. The summed E-state index contributed by atoms with van der Waals surface area (Å²) in [6.07, 6.45) is 4.35. The third-order valence-electron chi connectivity index (χ3n) is 4.14.